The number of rotatable bonds is 13. The summed E-state index contributed by atoms with van der Waals surface area (Å²) in [6, 6.07) is 9.80. The van der Waals surface area contributed by atoms with E-state index in [1.54, 1.807) is 35.9 Å². The minimum atomic E-state index is -5.74. The Bertz CT molecular complexity index is 1730. The summed E-state index contributed by atoms with van der Waals surface area (Å²) in [4.78, 5) is 46.1. The number of halogens is 3. The lowest BCUT2D eigenvalue weighted by atomic mass is 10.1. The molecule has 0 aliphatic rings. The fourth-order valence-corrected chi connectivity index (χ4v) is 6.67. The summed E-state index contributed by atoms with van der Waals surface area (Å²) in [6.45, 7) is 8.75. The molecular formula is C30H34BrF2N2O11PS. The maximum Gasteiger partial charge on any atom is 0.511 e. The lowest BCUT2D eigenvalue weighted by molar-refractivity contribution is -0.0868. The van der Waals surface area contributed by atoms with Gasteiger partial charge in [0.05, 0.1) is 30.0 Å². The molecule has 0 fully saturated rings. The molecule has 3 atom stereocenters. The second-order valence-electron chi connectivity index (χ2n) is 10.7. The van der Waals surface area contributed by atoms with Crippen LogP contribution in [0.3, 0.4) is 0 Å². The van der Waals surface area contributed by atoms with Crippen LogP contribution < -0.4 is 4.80 Å². The predicted molar refractivity (Wildman–Crippen MR) is 171 cm³/mol. The molecule has 1 aromatic heterocycles. The van der Waals surface area contributed by atoms with E-state index in [4.69, 9.17) is 24.4 Å². The Hall–Kier alpha value is -3.63. The number of carbonyl (C=O) groups excluding carboxylic acids is 3. The minimum Gasteiger partial charge on any atom is -0.432 e. The molecule has 1 heterocycles. The number of benzene rings is 2. The molecule has 0 aliphatic carbocycles. The normalized spacial score (nSPS) is 14.2. The van der Waals surface area contributed by atoms with Crippen LogP contribution in [0.5, 0.6) is 0 Å². The van der Waals surface area contributed by atoms with Crippen molar-refractivity contribution >= 4 is 53.1 Å². The lowest BCUT2D eigenvalue weighted by Crippen LogP contribution is -2.24. The van der Waals surface area contributed by atoms with E-state index in [2.05, 4.69) is 25.2 Å². The molecule has 3 aromatic rings. The van der Waals surface area contributed by atoms with E-state index >= 15 is 8.78 Å². The number of ether oxygens (including phenoxy) is 5. The SMILES string of the molecule is CC(C)OC(=O)OC(C)OC(=O)c1ccc(-c2csc(=N)n2Cc2ccc(C(F)(F)P(=O)(O)OC(C)OC(=O)OC(C)C)c(Br)c2)cc1. The summed E-state index contributed by atoms with van der Waals surface area (Å²) in [7, 11) is -5.74. The van der Waals surface area contributed by atoms with Gasteiger partial charge >= 0.3 is 31.5 Å². The van der Waals surface area contributed by atoms with Crippen molar-refractivity contribution in [3.05, 3.63) is 73.8 Å². The molecule has 48 heavy (non-hydrogen) atoms. The van der Waals surface area contributed by atoms with Crippen molar-refractivity contribution in [1.29, 1.82) is 5.41 Å². The third-order valence-electron chi connectivity index (χ3n) is 6.04. The molecular weight excluding hydrogens is 745 g/mol. The largest absolute Gasteiger partial charge is 0.511 e. The highest BCUT2D eigenvalue weighted by Crippen LogP contribution is 2.64. The van der Waals surface area contributed by atoms with Gasteiger partial charge in [0.15, 0.2) is 4.80 Å². The van der Waals surface area contributed by atoms with Crippen LogP contribution in [0.4, 0.5) is 18.4 Å². The standard InChI is InChI=1S/C30H34BrF2N2O11PS/c1-16(2)41-28(37)44-18(5)43-26(36)22-10-8-21(9-11-22)25-15-48-27(34)35(25)14-20-7-12-23(24(31)13-20)30(32,33)47(39,40)46-19(6)45-29(38)42-17(3)4/h7-13,15-19,34H,14H2,1-6H3,(H,39,40). The highest BCUT2D eigenvalue weighted by atomic mass is 79.9. The summed E-state index contributed by atoms with van der Waals surface area (Å²) >= 11 is 4.17. The molecule has 0 spiro atoms. The summed E-state index contributed by atoms with van der Waals surface area (Å²) in [6.07, 6.45) is -6.24. The topological polar surface area (TPSA) is 173 Å². The number of thiazole rings is 1. The van der Waals surface area contributed by atoms with Crippen molar-refractivity contribution in [2.45, 2.75) is 78.5 Å². The summed E-state index contributed by atoms with van der Waals surface area (Å²) < 4.78 is 73.4. The van der Waals surface area contributed by atoms with Gasteiger partial charge in [-0.3, -0.25) is 14.5 Å². The molecule has 0 radical (unpaired) electrons. The maximum atomic E-state index is 15.3. The zero-order chi connectivity index (χ0) is 36.0. The first-order valence-corrected chi connectivity index (χ1v) is 17.5. The zero-order valence-electron chi connectivity index (χ0n) is 26.6. The van der Waals surface area contributed by atoms with Crippen LogP contribution in [0.15, 0.2) is 52.3 Å². The molecule has 262 valence electrons. The number of hydrogen-bond acceptors (Lipinski definition) is 12. The fraction of sp³-hybridized carbons (Fsp3) is 0.400. The number of hydrogen-bond donors (Lipinski definition) is 2. The van der Waals surface area contributed by atoms with Gasteiger partial charge in [-0.1, -0.05) is 40.2 Å². The number of nitrogens with zero attached hydrogens (tertiary/aromatic N) is 1. The zero-order valence-corrected chi connectivity index (χ0v) is 29.9. The lowest BCUT2D eigenvalue weighted by Gasteiger charge is -2.26. The van der Waals surface area contributed by atoms with Crippen molar-refractivity contribution in [3.8, 4) is 11.3 Å². The third kappa shape index (κ3) is 10.2. The molecule has 0 aliphatic heterocycles. The number of aromatic nitrogens is 1. The van der Waals surface area contributed by atoms with E-state index in [9.17, 15) is 23.8 Å². The van der Waals surface area contributed by atoms with Gasteiger partial charge < -0.3 is 33.1 Å². The minimum absolute atomic E-state index is 0.0589. The number of carbonyl (C=O) groups is 3. The van der Waals surface area contributed by atoms with Crippen LogP contribution in [0, 0.1) is 5.41 Å². The summed E-state index contributed by atoms with van der Waals surface area (Å²) in [5, 5.41) is 10.1. The molecule has 0 saturated carbocycles. The van der Waals surface area contributed by atoms with Crippen molar-refractivity contribution in [2.24, 2.45) is 0 Å². The Morgan fingerprint density at radius 3 is 2.02 bits per heavy atom. The van der Waals surface area contributed by atoms with E-state index < -0.39 is 61.9 Å². The molecule has 0 bridgehead atoms. The second-order valence-corrected chi connectivity index (χ2v) is 14.2. The van der Waals surface area contributed by atoms with Crippen LogP contribution in [0.1, 0.15) is 63.0 Å². The molecule has 3 rings (SSSR count). The van der Waals surface area contributed by atoms with Crippen LogP contribution in [-0.2, 0) is 45.0 Å². The molecule has 2 N–H and O–H groups in total. The average Bonchev–Trinajstić information content (AvgIpc) is 3.30. The van der Waals surface area contributed by atoms with Crippen molar-refractivity contribution in [2.75, 3.05) is 0 Å². The van der Waals surface area contributed by atoms with Crippen molar-refractivity contribution in [3.63, 3.8) is 0 Å². The van der Waals surface area contributed by atoms with Crippen LogP contribution in [-0.4, -0.2) is 52.5 Å². The van der Waals surface area contributed by atoms with Gasteiger partial charge in [-0.15, -0.1) is 11.3 Å². The maximum absolute atomic E-state index is 15.3. The van der Waals surface area contributed by atoms with E-state index in [0.29, 0.717) is 16.8 Å². The molecule has 2 aromatic carbocycles. The molecule has 0 amide bonds. The molecule has 13 nitrogen and oxygen atoms in total. The van der Waals surface area contributed by atoms with Gasteiger partial charge in [-0.2, -0.15) is 8.78 Å². The Morgan fingerprint density at radius 2 is 1.48 bits per heavy atom. The van der Waals surface area contributed by atoms with E-state index in [0.717, 1.165) is 24.3 Å². The Balaban J connectivity index is 1.74. The summed E-state index contributed by atoms with van der Waals surface area (Å²) in [5.74, 6) is -0.749. The van der Waals surface area contributed by atoms with Crippen LogP contribution in [0.25, 0.3) is 11.3 Å². The van der Waals surface area contributed by atoms with E-state index in [1.165, 1.54) is 45.0 Å². The first-order valence-electron chi connectivity index (χ1n) is 14.3. The number of alkyl halides is 2. The van der Waals surface area contributed by atoms with E-state index in [1.807, 2.05) is 0 Å². The average molecular weight is 780 g/mol. The summed E-state index contributed by atoms with van der Waals surface area (Å²) in [5.41, 5.74) is -3.42. The third-order valence-corrected chi connectivity index (χ3v) is 9.01. The molecule has 18 heteroatoms. The second kappa shape index (κ2) is 16.2. The molecule has 0 saturated heterocycles. The van der Waals surface area contributed by atoms with Crippen molar-refractivity contribution < 1.29 is 60.8 Å². The smallest absolute Gasteiger partial charge is 0.432 e. The Kier molecular flexibility index (Phi) is 13.1. The van der Waals surface area contributed by atoms with Gasteiger partial charge in [0, 0.05) is 22.3 Å². The highest BCUT2D eigenvalue weighted by Gasteiger charge is 2.55. The van der Waals surface area contributed by atoms with Crippen molar-refractivity contribution in [1.82, 2.24) is 4.57 Å². The van der Waals surface area contributed by atoms with Gasteiger partial charge in [-0.25, -0.2) is 14.4 Å². The Morgan fingerprint density at radius 1 is 0.917 bits per heavy atom. The number of nitrogens with one attached hydrogen (secondary N) is 1. The van der Waals surface area contributed by atoms with Gasteiger partial charge in [0.1, 0.15) is 0 Å². The predicted octanol–water partition coefficient (Wildman–Crippen LogP) is 7.73. The van der Waals surface area contributed by atoms with Gasteiger partial charge in [-0.05, 0) is 63.9 Å². The number of esters is 1. The fourth-order valence-electron chi connectivity index (χ4n) is 3.99. The van der Waals surface area contributed by atoms with Crippen LogP contribution in [0.2, 0.25) is 0 Å². The Labute approximate surface area is 286 Å². The van der Waals surface area contributed by atoms with E-state index in [-0.39, 0.29) is 21.4 Å². The molecule has 3 unspecified atom stereocenters. The van der Waals surface area contributed by atoms with Crippen LogP contribution >= 0.6 is 34.9 Å². The quantitative estimate of drug-likeness (QED) is 0.0753. The van der Waals surface area contributed by atoms with Gasteiger partial charge in [0.25, 0.3) is 0 Å². The van der Waals surface area contributed by atoms with Gasteiger partial charge in [0.2, 0.25) is 12.6 Å². The highest BCUT2D eigenvalue weighted by molar-refractivity contribution is 9.10. The first-order chi connectivity index (χ1) is 22.3. The first kappa shape index (κ1) is 38.8. The monoisotopic (exact) mass is 778 g/mol.